The van der Waals surface area contributed by atoms with E-state index < -0.39 is 0 Å². The molecule has 4 heteroatoms. The van der Waals surface area contributed by atoms with Crippen LogP contribution in [0.4, 0.5) is 0 Å². The maximum absolute atomic E-state index is 5.23. The van der Waals surface area contributed by atoms with E-state index in [9.17, 15) is 0 Å². The van der Waals surface area contributed by atoms with Gasteiger partial charge in [-0.2, -0.15) is 0 Å². The molecule has 2 unspecified atom stereocenters. The van der Waals surface area contributed by atoms with Gasteiger partial charge in [-0.3, -0.25) is 0 Å². The zero-order valence-electron chi connectivity index (χ0n) is 13.6. The summed E-state index contributed by atoms with van der Waals surface area (Å²) in [5, 5.41) is 6.80. The van der Waals surface area contributed by atoms with Crippen LogP contribution in [-0.2, 0) is 0 Å². The van der Waals surface area contributed by atoms with E-state index in [1.54, 1.807) is 14.2 Å². The van der Waals surface area contributed by atoms with Crippen LogP contribution in [-0.4, -0.2) is 28.3 Å². The zero-order valence-corrected chi connectivity index (χ0v) is 13.6. The smallest absolute Gasteiger partial charge is 0.118 e. The van der Waals surface area contributed by atoms with Crippen LogP contribution in [0.1, 0.15) is 23.2 Å². The van der Waals surface area contributed by atoms with Gasteiger partial charge >= 0.3 is 0 Å². The van der Waals surface area contributed by atoms with Crippen molar-refractivity contribution in [3.63, 3.8) is 0 Å². The lowest BCUT2D eigenvalue weighted by Gasteiger charge is -2.27. The van der Waals surface area contributed by atoms with Gasteiger partial charge < -0.3 is 20.1 Å². The number of likely N-dealkylation sites (N-methyl/N-ethyl adjacent to an activating group) is 2. The number of ether oxygens (including phenoxy) is 2. The Bertz CT molecular complexity index is 513. The summed E-state index contributed by atoms with van der Waals surface area (Å²) in [5.74, 6) is 1.73. The Morgan fingerprint density at radius 3 is 1.18 bits per heavy atom. The average molecular weight is 300 g/mol. The van der Waals surface area contributed by atoms with E-state index >= 15 is 0 Å². The second kappa shape index (κ2) is 7.82. The normalized spacial score (nSPS) is 13.5. The highest BCUT2D eigenvalue weighted by molar-refractivity contribution is 5.34. The number of hydrogen-bond acceptors (Lipinski definition) is 4. The Morgan fingerprint density at radius 2 is 0.955 bits per heavy atom. The fourth-order valence-corrected chi connectivity index (χ4v) is 2.67. The van der Waals surface area contributed by atoms with Gasteiger partial charge in [0.05, 0.1) is 26.3 Å². The highest BCUT2D eigenvalue weighted by Crippen LogP contribution is 2.30. The van der Waals surface area contributed by atoms with Gasteiger partial charge in [-0.1, -0.05) is 24.3 Å². The molecule has 0 fully saturated rings. The van der Waals surface area contributed by atoms with Crippen molar-refractivity contribution in [3.8, 4) is 11.5 Å². The summed E-state index contributed by atoms with van der Waals surface area (Å²) in [6.45, 7) is 0. The Balaban J connectivity index is 2.28. The Kier molecular flexibility index (Phi) is 5.81. The average Bonchev–Trinajstić information content (AvgIpc) is 2.60. The van der Waals surface area contributed by atoms with Gasteiger partial charge in [-0.15, -0.1) is 0 Å². The molecule has 0 bridgehead atoms. The Labute approximate surface area is 132 Å². The number of rotatable bonds is 7. The molecule has 22 heavy (non-hydrogen) atoms. The molecule has 2 N–H and O–H groups in total. The minimum atomic E-state index is 0.157. The summed E-state index contributed by atoms with van der Waals surface area (Å²) >= 11 is 0. The standard InChI is InChI=1S/C18H24N2O2/c1-19-17(13-5-9-15(21-3)10-6-13)18(20-2)14-7-11-16(22-4)12-8-14/h5-12,17-20H,1-4H3. The zero-order chi connectivity index (χ0) is 15.9. The van der Waals surface area contributed by atoms with Crippen LogP contribution in [0.2, 0.25) is 0 Å². The summed E-state index contributed by atoms with van der Waals surface area (Å²) < 4.78 is 10.5. The minimum Gasteiger partial charge on any atom is -0.497 e. The molecule has 0 saturated heterocycles. The third-order valence-corrected chi connectivity index (χ3v) is 3.91. The SMILES string of the molecule is CNC(c1ccc(OC)cc1)C(NC)c1ccc(OC)cc1. The van der Waals surface area contributed by atoms with Crippen molar-refractivity contribution in [3.05, 3.63) is 59.7 Å². The van der Waals surface area contributed by atoms with Crippen LogP contribution < -0.4 is 20.1 Å². The highest BCUT2D eigenvalue weighted by Gasteiger charge is 2.22. The van der Waals surface area contributed by atoms with E-state index in [1.807, 2.05) is 38.4 Å². The van der Waals surface area contributed by atoms with Gasteiger partial charge in [0.1, 0.15) is 11.5 Å². The molecule has 2 rings (SSSR count). The first-order valence-electron chi connectivity index (χ1n) is 7.36. The summed E-state index contributed by atoms with van der Waals surface area (Å²) in [4.78, 5) is 0. The number of nitrogens with one attached hydrogen (secondary N) is 2. The molecule has 0 saturated carbocycles. The van der Waals surface area contributed by atoms with Crippen LogP contribution >= 0.6 is 0 Å². The van der Waals surface area contributed by atoms with Gasteiger partial charge in [-0.05, 0) is 49.5 Å². The predicted octanol–water partition coefficient (Wildman–Crippen LogP) is 2.93. The number of methoxy groups -OCH3 is 2. The molecule has 2 aromatic carbocycles. The second-order valence-corrected chi connectivity index (χ2v) is 5.08. The first kappa shape index (κ1) is 16.3. The molecule has 2 aromatic rings. The lowest BCUT2D eigenvalue weighted by molar-refractivity contribution is 0.409. The van der Waals surface area contributed by atoms with Gasteiger partial charge in [0.15, 0.2) is 0 Å². The van der Waals surface area contributed by atoms with Crippen molar-refractivity contribution >= 4 is 0 Å². The topological polar surface area (TPSA) is 42.5 Å². The van der Waals surface area contributed by atoms with Crippen molar-refractivity contribution in [1.29, 1.82) is 0 Å². The lowest BCUT2D eigenvalue weighted by atomic mass is 9.93. The van der Waals surface area contributed by atoms with Gasteiger partial charge in [0, 0.05) is 0 Å². The maximum Gasteiger partial charge on any atom is 0.118 e. The van der Waals surface area contributed by atoms with Crippen molar-refractivity contribution in [2.75, 3.05) is 28.3 Å². The summed E-state index contributed by atoms with van der Waals surface area (Å²) in [5.41, 5.74) is 2.41. The molecule has 0 amide bonds. The Morgan fingerprint density at radius 1 is 0.636 bits per heavy atom. The van der Waals surface area contributed by atoms with E-state index in [-0.39, 0.29) is 12.1 Å². The second-order valence-electron chi connectivity index (χ2n) is 5.08. The quantitative estimate of drug-likeness (QED) is 0.825. The molecule has 0 aliphatic heterocycles. The van der Waals surface area contributed by atoms with E-state index in [4.69, 9.17) is 9.47 Å². The van der Waals surface area contributed by atoms with Crippen molar-refractivity contribution in [1.82, 2.24) is 10.6 Å². The third-order valence-electron chi connectivity index (χ3n) is 3.91. The van der Waals surface area contributed by atoms with E-state index in [0.717, 1.165) is 11.5 Å². The summed E-state index contributed by atoms with van der Waals surface area (Å²) in [7, 11) is 7.31. The third kappa shape index (κ3) is 3.59. The lowest BCUT2D eigenvalue weighted by Crippen LogP contribution is -2.31. The van der Waals surface area contributed by atoms with E-state index in [1.165, 1.54) is 11.1 Å². The van der Waals surface area contributed by atoms with Gasteiger partial charge in [0.25, 0.3) is 0 Å². The molecule has 2 atom stereocenters. The fraction of sp³-hybridized carbons (Fsp3) is 0.333. The molecular weight excluding hydrogens is 276 g/mol. The molecule has 118 valence electrons. The monoisotopic (exact) mass is 300 g/mol. The van der Waals surface area contributed by atoms with Gasteiger partial charge in [-0.25, -0.2) is 0 Å². The van der Waals surface area contributed by atoms with Crippen LogP contribution in [0.3, 0.4) is 0 Å². The predicted molar refractivity (Wildman–Crippen MR) is 89.6 cm³/mol. The molecule has 0 spiro atoms. The van der Waals surface area contributed by atoms with E-state index in [0.29, 0.717) is 0 Å². The summed E-state index contributed by atoms with van der Waals surface area (Å²) in [6, 6.07) is 16.6. The fourth-order valence-electron chi connectivity index (χ4n) is 2.67. The molecule has 0 heterocycles. The molecule has 0 aliphatic rings. The minimum absolute atomic E-state index is 0.157. The van der Waals surface area contributed by atoms with Crippen LogP contribution in [0.15, 0.2) is 48.5 Å². The highest BCUT2D eigenvalue weighted by atomic mass is 16.5. The van der Waals surface area contributed by atoms with E-state index in [2.05, 4.69) is 34.9 Å². The van der Waals surface area contributed by atoms with Crippen LogP contribution in [0, 0.1) is 0 Å². The molecule has 0 aliphatic carbocycles. The van der Waals surface area contributed by atoms with Crippen LogP contribution in [0.5, 0.6) is 11.5 Å². The largest absolute Gasteiger partial charge is 0.497 e. The Hall–Kier alpha value is -2.04. The molecular formula is C18H24N2O2. The molecule has 0 aromatic heterocycles. The van der Waals surface area contributed by atoms with Crippen molar-refractivity contribution in [2.45, 2.75) is 12.1 Å². The van der Waals surface area contributed by atoms with Gasteiger partial charge in [0.2, 0.25) is 0 Å². The van der Waals surface area contributed by atoms with Crippen molar-refractivity contribution in [2.24, 2.45) is 0 Å². The van der Waals surface area contributed by atoms with Crippen molar-refractivity contribution < 1.29 is 9.47 Å². The first-order chi connectivity index (χ1) is 10.7. The first-order valence-corrected chi connectivity index (χ1v) is 7.36. The molecule has 4 nitrogen and oxygen atoms in total. The number of benzene rings is 2. The number of hydrogen-bond donors (Lipinski definition) is 2. The maximum atomic E-state index is 5.23. The molecule has 0 radical (unpaired) electrons. The summed E-state index contributed by atoms with van der Waals surface area (Å²) in [6.07, 6.45) is 0. The van der Waals surface area contributed by atoms with Crippen LogP contribution in [0.25, 0.3) is 0 Å².